The summed E-state index contributed by atoms with van der Waals surface area (Å²) in [5.41, 5.74) is 7.00. The van der Waals surface area contributed by atoms with E-state index in [1.54, 1.807) is 0 Å². The molecular weight excluding hydrogens is 274 g/mol. The Kier molecular flexibility index (Phi) is 4.58. The van der Waals surface area contributed by atoms with Crippen molar-refractivity contribution in [3.63, 3.8) is 0 Å². The van der Waals surface area contributed by atoms with E-state index in [2.05, 4.69) is 10.3 Å². The average molecular weight is 290 g/mol. The molecular formula is C15H16ClN3O. The number of hydrogen-bond acceptors (Lipinski definition) is 3. The highest BCUT2D eigenvalue weighted by molar-refractivity contribution is 6.33. The molecule has 3 N–H and O–H groups in total. The maximum Gasteiger partial charge on any atom is 0.253 e. The first kappa shape index (κ1) is 14.3. The van der Waals surface area contributed by atoms with Gasteiger partial charge in [0, 0.05) is 6.20 Å². The molecule has 2 rings (SSSR count). The van der Waals surface area contributed by atoms with Gasteiger partial charge in [0.1, 0.15) is 5.82 Å². The number of nitrogen functional groups attached to an aromatic ring is 1. The van der Waals surface area contributed by atoms with Crippen LogP contribution in [0, 0.1) is 0 Å². The van der Waals surface area contributed by atoms with Gasteiger partial charge in [-0.3, -0.25) is 4.79 Å². The van der Waals surface area contributed by atoms with Crippen LogP contribution in [0.1, 0.15) is 35.3 Å². The summed E-state index contributed by atoms with van der Waals surface area (Å²) in [5, 5.41) is 3.25. The largest absolute Gasteiger partial charge is 0.382 e. The molecule has 1 unspecified atom stereocenters. The minimum atomic E-state index is -0.213. The average Bonchev–Trinajstić information content (AvgIpc) is 2.48. The highest BCUT2D eigenvalue weighted by Crippen LogP contribution is 2.19. The number of hydrogen-bond donors (Lipinski definition) is 2. The number of nitrogens with one attached hydrogen (secondary N) is 1. The van der Waals surface area contributed by atoms with E-state index >= 15 is 0 Å². The molecule has 5 heteroatoms. The third-order valence-electron chi connectivity index (χ3n) is 3.05. The van der Waals surface area contributed by atoms with E-state index < -0.39 is 0 Å². The predicted molar refractivity (Wildman–Crippen MR) is 80.6 cm³/mol. The van der Waals surface area contributed by atoms with Gasteiger partial charge in [-0.15, -0.1) is 0 Å². The van der Waals surface area contributed by atoms with Crippen molar-refractivity contribution < 1.29 is 4.79 Å². The number of aromatic nitrogens is 1. The number of carbonyl (C=O) groups is 1. The van der Waals surface area contributed by atoms with E-state index in [9.17, 15) is 4.79 Å². The fraction of sp³-hybridized carbons (Fsp3) is 0.200. The second-order valence-corrected chi connectivity index (χ2v) is 4.84. The third-order valence-corrected chi connectivity index (χ3v) is 3.35. The standard InChI is InChI=1S/C15H16ClN3O/c1-2-13(10-6-4-3-5-7-10)19-15(20)11-8-12(16)14(17)18-9-11/h3-9,13H,2H2,1H3,(H2,17,18)(H,19,20). The van der Waals surface area contributed by atoms with Gasteiger partial charge < -0.3 is 11.1 Å². The lowest BCUT2D eigenvalue weighted by Crippen LogP contribution is -2.28. The van der Waals surface area contributed by atoms with Crippen LogP contribution >= 0.6 is 11.6 Å². The van der Waals surface area contributed by atoms with Crippen LogP contribution in [0.3, 0.4) is 0 Å². The van der Waals surface area contributed by atoms with Gasteiger partial charge in [0.2, 0.25) is 0 Å². The lowest BCUT2D eigenvalue weighted by atomic mass is 10.0. The van der Waals surface area contributed by atoms with Crippen molar-refractivity contribution >= 4 is 23.3 Å². The first-order valence-corrected chi connectivity index (χ1v) is 6.76. The van der Waals surface area contributed by atoms with Gasteiger partial charge in [-0.05, 0) is 18.1 Å². The van der Waals surface area contributed by atoms with Crippen LogP contribution in [0.25, 0.3) is 0 Å². The SMILES string of the molecule is CCC(NC(=O)c1cnc(N)c(Cl)c1)c1ccccc1. The van der Waals surface area contributed by atoms with E-state index in [0.29, 0.717) is 5.56 Å². The molecule has 0 radical (unpaired) electrons. The van der Waals surface area contributed by atoms with E-state index in [-0.39, 0.29) is 22.8 Å². The molecule has 0 saturated carbocycles. The van der Waals surface area contributed by atoms with Gasteiger partial charge >= 0.3 is 0 Å². The molecule has 0 aliphatic heterocycles. The van der Waals surface area contributed by atoms with Crippen LogP contribution in [0.15, 0.2) is 42.6 Å². The Labute approximate surface area is 123 Å². The summed E-state index contributed by atoms with van der Waals surface area (Å²) in [6, 6.07) is 11.3. The Morgan fingerprint density at radius 3 is 2.70 bits per heavy atom. The summed E-state index contributed by atoms with van der Waals surface area (Å²) in [7, 11) is 0. The van der Waals surface area contributed by atoms with Crippen molar-refractivity contribution in [3.05, 3.63) is 58.7 Å². The second kappa shape index (κ2) is 6.39. The van der Waals surface area contributed by atoms with Crippen LogP contribution in [-0.4, -0.2) is 10.9 Å². The molecule has 0 aliphatic carbocycles. The Bertz CT molecular complexity index is 601. The van der Waals surface area contributed by atoms with Crippen LogP contribution < -0.4 is 11.1 Å². The van der Waals surface area contributed by atoms with Crippen LogP contribution in [0.2, 0.25) is 5.02 Å². The van der Waals surface area contributed by atoms with Gasteiger partial charge in [-0.25, -0.2) is 4.98 Å². The van der Waals surface area contributed by atoms with Gasteiger partial charge in [0.15, 0.2) is 0 Å². The number of benzene rings is 1. The fourth-order valence-electron chi connectivity index (χ4n) is 1.92. The van der Waals surface area contributed by atoms with Gasteiger partial charge in [0.05, 0.1) is 16.6 Å². The number of amides is 1. The van der Waals surface area contributed by atoms with Crippen molar-refractivity contribution in [1.29, 1.82) is 0 Å². The highest BCUT2D eigenvalue weighted by atomic mass is 35.5. The zero-order valence-electron chi connectivity index (χ0n) is 11.1. The number of anilines is 1. The zero-order valence-corrected chi connectivity index (χ0v) is 11.9. The maximum atomic E-state index is 12.2. The Hall–Kier alpha value is -2.07. The van der Waals surface area contributed by atoms with Crippen LogP contribution in [0.5, 0.6) is 0 Å². The minimum Gasteiger partial charge on any atom is -0.382 e. The predicted octanol–water partition coefficient (Wildman–Crippen LogP) is 3.20. The molecule has 0 bridgehead atoms. The molecule has 1 heterocycles. The second-order valence-electron chi connectivity index (χ2n) is 4.44. The van der Waals surface area contributed by atoms with E-state index in [1.165, 1.54) is 12.3 Å². The monoisotopic (exact) mass is 289 g/mol. The molecule has 2 aromatic rings. The van der Waals surface area contributed by atoms with Gasteiger partial charge in [-0.1, -0.05) is 48.9 Å². The first-order valence-electron chi connectivity index (χ1n) is 6.38. The molecule has 4 nitrogen and oxygen atoms in total. The fourth-order valence-corrected chi connectivity index (χ4v) is 2.09. The molecule has 1 aromatic heterocycles. The summed E-state index contributed by atoms with van der Waals surface area (Å²) in [6.45, 7) is 2.02. The van der Waals surface area contributed by atoms with Gasteiger partial charge in [0.25, 0.3) is 5.91 Å². The molecule has 20 heavy (non-hydrogen) atoms. The van der Waals surface area contributed by atoms with Crippen molar-refractivity contribution in [2.24, 2.45) is 0 Å². The number of halogens is 1. The molecule has 0 saturated heterocycles. The van der Waals surface area contributed by atoms with Crippen molar-refractivity contribution in [2.45, 2.75) is 19.4 Å². The molecule has 0 spiro atoms. The summed E-state index contributed by atoms with van der Waals surface area (Å²) >= 11 is 5.88. The maximum absolute atomic E-state index is 12.2. The summed E-state index contributed by atoms with van der Waals surface area (Å²) in [4.78, 5) is 16.1. The number of carbonyl (C=O) groups excluding carboxylic acids is 1. The molecule has 104 valence electrons. The first-order chi connectivity index (χ1) is 9.61. The van der Waals surface area contributed by atoms with Crippen LogP contribution in [0.4, 0.5) is 5.82 Å². The topological polar surface area (TPSA) is 68.0 Å². The molecule has 1 aromatic carbocycles. The lowest BCUT2D eigenvalue weighted by Gasteiger charge is -2.17. The van der Waals surface area contributed by atoms with Crippen molar-refractivity contribution in [3.8, 4) is 0 Å². The van der Waals surface area contributed by atoms with E-state index in [0.717, 1.165) is 12.0 Å². The molecule has 0 aliphatic rings. The molecule has 0 fully saturated rings. The lowest BCUT2D eigenvalue weighted by molar-refractivity contribution is 0.0935. The van der Waals surface area contributed by atoms with Gasteiger partial charge in [-0.2, -0.15) is 0 Å². The third kappa shape index (κ3) is 3.27. The van der Waals surface area contributed by atoms with Crippen molar-refractivity contribution in [2.75, 3.05) is 5.73 Å². The Morgan fingerprint density at radius 2 is 2.10 bits per heavy atom. The Morgan fingerprint density at radius 1 is 1.40 bits per heavy atom. The smallest absolute Gasteiger partial charge is 0.253 e. The van der Waals surface area contributed by atoms with E-state index in [1.807, 2.05) is 37.3 Å². The Balaban J connectivity index is 2.15. The number of rotatable bonds is 4. The number of nitrogens with zero attached hydrogens (tertiary/aromatic N) is 1. The van der Waals surface area contributed by atoms with E-state index in [4.69, 9.17) is 17.3 Å². The minimum absolute atomic E-state index is 0.0416. The summed E-state index contributed by atoms with van der Waals surface area (Å²) in [5.74, 6) is 0.00780. The summed E-state index contributed by atoms with van der Waals surface area (Å²) in [6.07, 6.45) is 2.22. The number of nitrogens with two attached hydrogens (primary N) is 1. The molecule has 1 amide bonds. The number of pyridine rings is 1. The van der Waals surface area contributed by atoms with Crippen LogP contribution in [-0.2, 0) is 0 Å². The summed E-state index contributed by atoms with van der Waals surface area (Å²) < 4.78 is 0. The van der Waals surface area contributed by atoms with Crippen molar-refractivity contribution in [1.82, 2.24) is 10.3 Å². The normalized spacial score (nSPS) is 11.9. The quantitative estimate of drug-likeness (QED) is 0.908. The highest BCUT2D eigenvalue weighted by Gasteiger charge is 2.15. The molecule has 1 atom stereocenters. The zero-order chi connectivity index (χ0) is 14.5.